The highest BCUT2D eigenvalue weighted by atomic mass is 16.4. The number of aliphatic carboxylic acids is 1. The van der Waals surface area contributed by atoms with Gasteiger partial charge in [-0.15, -0.1) is 0 Å². The van der Waals surface area contributed by atoms with E-state index in [-0.39, 0.29) is 5.41 Å². The first kappa shape index (κ1) is 14.0. The second-order valence-corrected chi connectivity index (χ2v) is 5.39. The molecule has 0 spiro atoms. The quantitative estimate of drug-likeness (QED) is 0.707. The summed E-state index contributed by atoms with van der Waals surface area (Å²) in [5.74, 6) is -2.43. The highest BCUT2D eigenvalue weighted by Gasteiger charge is 2.30. The fourth-order valence-corrected chi connectivity index (χ4v) is 1.90. The molecule has 0 radical (unpaired) electrons. The van der Waals surface area contributed by atoms with Crippen LogP contribution in [0.1, 0.15) is 26.7 Å². The average Bonchev–Trinajstić information content (AvgIpc) is 2.29. The summed E-state index contributed by atoms with van der Waals surface area (Å²) in [5.41, 5.74) is 0.0976. The standard InChI is InChI=1S/C12H22N2O3/c1-9(11(16)17)10(15)13-8-12(2)4-6-14(3)7-5-12/h9H,4-8H2,1-3H3,(H,13,15)(H,16,17). The number of piperidine rings is 1. The molecule has 1 rings (SSSR count). The van der Waals surface area contributed by atoms with Gasteiger partial charge < -0.3 is 15.3 Å². The molecule has 1 heterocycles. The number of nitrogens with one attached hydrogen (secondary N) is 1. The minimum atomic E-state index is -1.07. The van der Waals surface area contributed by atoms with E-state index >= 15 is 0 Å². The Morgan fingerprint density at radius 3 is 2.41 bits per heavy atom. The number of rotatable bonds is 4. The average molecular weight is 242 g/mol. The van der Waals surface area contributed by atoms with Crippen molar-refractivity contribution in [3.05, 3.63) is 0 Å². The van der Waals surface area contributed by atoms with Crippen LogP contribution in [0.15, 0.2) is 0 Å². The van der Waals surface area contributed by atoms with Crippen molar-refractivity contribution in [2.75, 3.05) is 26.7 Å². The molecule has 5 nitrogen and oxygen atoms in total. The highest BCUT2D eigenvalue weighted by Crippen LogP contribution is 2.29. The first-order chi connectivity index (χ1) is 7.84. The summed E-state index contributed by atoms with van der Waals surface area (Å²) in [7, 11) is 2.09. The second-order valence-electron chi connectivity index (χ2n) is 5.39. The minimum absolute atomic E-state index is 0.0976. The van der Waals surface area contributed by atoms with Crippen molar-refractivity contribution < 1.29 is 14.7 Å². The Balaban J connectivity index is 2.40. The van der Waals surface area contributed by atoms with Gasteiger partial charge in [-0.25, -0.2) is 0 Å². The van der Waals surface area contributed by atoms with Crippen molar-refractivity contribution in [2.45, 2.75) is 26.7 Å². The molecule has 1 atom stereocenters. The highest BCUT2D eigenvalue weighted by molar-refractivity contribution is 5.96. The van der Waals surface area contributed by atoms with E-state index in [9.17, 15) is 9.59 Å². The van der Waals surface area contributed by atoms with E-state index in [0.717, 1.165) is 25.9 Å². The molecule has 0 bridgehead atoms. The van der Waals surface area contributed by atoms with Gasteiger partial charge in [0.25, 0.3) is 0 Å². The van der Waals surface area contributed by atoms with E-state index in [0.29, 0.717) is 6.54 Å². The molecular weight excluding hydrogens is 220 g/mol. The molecule has 1 aliphatic rings. The minimum Gasteiger partial charge on any atom is -0.481 e. The molecule has 1 amide bonds. The molecule has 1 aliphatic heterocycles. The maximum absolute atomic E-state index is 11.5. The number of hydrogen-bond acceptors (Lipinski definition) is 3. The summed E-state index contributed by atoms with van der Waals surface area (Å²) in [6.45, 7) is 6.18. The van der Waals surface area contributed by atoms with Crippen LogP contribution in [0.3, 0.4) is 0 Å². The predicted octanol–water partition coefficient (Wildman–Crippen LogP) is 0.555. The smallest absolute Gasteiger partial charge is 0.315 e. The van der Waals surface area contributed by atoms with Gasteiger partial charge in [-0.05, 0) is 45.3 Å². The van der Waals surface area contributed by atoms with E-state index in [4.69, 9.17) is 5.11 Å². The lowest BCUT2D eigenvalue weighted by atomic mass is 9.80. The molecule has 0 aromatic rings. The van der Waals surface area contributed by atoms with Gasteiger partial charge in [0.05, 0.1) is 0 Å². The van der Waals surface area contributed by atoms with Crippen LogP contribution in [0.5, 0.6) is 0 Å². The van der Waals surface area contributed by atoms with Crippen LogP contribution in [0.4, 0.5) is 0 Å². The van der Waals surface area contributed by atoms with Gasteiger partial charge in [-0.1, -0.05) is 6.92 Å². The summed E-state index contributed by atoms with van der Waals surface area (Å²) in [6.07, 6.45) is 2.07. The molecule has 0 saturated carbocycles. The van der Waals surface area contributed by atoms with Gasteiger partial charge in [0.2, 0.25) is 5.91 Å². The number of carbonyl (C=O) groups excluding carboxylic acids is 1. The van der Waals surface area contributed by atoms with E-state index in [2.05, 4.69) is 24.2 Å². The summed E-state index contributed by atoms with van der Waals surface area (Å²) in [6, 6.07) is 0. The van der Waals surface area contributed by atoms with Gasteiger partial charge in [0, 0.05) is 6.54 Å². The first-order valence-corrected chi connectivity index (χ1v) is 6.03. The van der Waals surface area contributed by atoms with Crippen LogP contribution >= 0.6 is 0 Å². The first-order valence-electron chi connectivity index (χ1n) is 6.03. The lowest BCUT2D eigenvalue weighted by Crippen LogP contribution is -2.45. The van der Waals surface area contributed by atoms with E-state index < -0.39 is 17.8 Å². The lowest BCUT2D eigenvalue weighted by molar-refractivity contribution is -0.146. The molecule has 1 unspecified atom stereocenters. The number of carboxylic acid groups (broad SMARTS) is 1. The largest absolute Gasteiger partial charge is 0.481 e. The fourth-order valence-electron chi connectivity index (χ4n) is 1.90. The number of hydrogen-bond donors (Lipinski definition) is 2. The van der Waals surface area contributed by atoms with Crippen LogP contribution in [0, 0.1) is 11.3 Å². The van der Waals surface area contributed by atoms with Crippen molar-refractivity contribution >= 4 is 11.9 Å². The van der Waals surface area contributed by atoms with Crippen LogP contribution in [0.2, 0.25) is 0 Å². The summed E-state index contributed by atoms with van der Waals surface area (Å²) in [4.78, 5) is 24.4. The van der Waals surface area contributed by atoms with Crippen LogP contribution in [0.25, 0.3) is 0 Å². The van der Waals surface area contributed by atoms with Crippen LogP contribution < -0.4 is 5.32 Å². The summed E-state index contributed by atoms with van der Waals surface area (Å²) in [5, 5.41) is 11.5. The second kappa shape index (κ2) is 5.49. The molecule has 0 aromatic carbocycles. The molecular formula is C12H22N2O3. The molecule has 5 heteroatoms. The SMILES string of the molecule is CC(C(=O)O)C(=O)NCC1(C)CCN(C)CC1. The van der Waals surface area contributed by atoms with Gasteiger partial charge in [0.1, 0.15) is 5.92 Å². The number of carbonyl (C=O) groups is 2. The number of likely N-dealkylation sites (tertiary alicyclic amines) is 1. The van der Waals surface area contributed by atoms with E-state index in [1.54, 1.807) is 0 Å². The molecule has 0 aliphatic carbocycles. The monoisotopic (exact) mass is 242 g/mol. The zero-order chi connectivity index (χ0) is 13.1. The maximum Gasteiger partial charge on any atom is 0.315 e. The Bertz CT molecular complexity index is 296. The number of nitrogens with zero attached hydrogens (tertiary/aromatic N) is 1. The molecule has 1 saturated heterocycles. The van der Waals surface area contributed by atoms with E-state index in [1.165, 1.54) is 6.92 Å². The third-order valence-electron chi connectivity index (χ3n) is 3.65. The molecule has 17 heavy (non-hydrogen) atoms. The van der Waals surface area contributed by atoms with Gasteiger partial charge in [0.15, 0.2) is 0 Å². The maximum atomic E-state index is 11.5. The molecule has 0 aromatic heterocycles. The van der Waals surface area contributed by atoms with Gasteiger partial charge in [-0.3, -0.25) is 9.59 Å². The fraction of sp³-hybridized carbons (Fsp3) is 0.833. The van der Waals surface area contributed by atoms with Crippen molar-refractivity contribution in [2.24, 2.45) is 11.3 Å². The molecule has 2 N–H and O–H groups in total. The summed E-state index contributed by atoms with van der Waals surface area (Å²) < 4.78 is 0. The number of amides is 1. The third kappa shape index (κ3) is 4.00. The third-order valence-corrected chi connectivity index (χ3v) is 3.65. The van der Waals surface area contributed by atoms with Crippen molar-refractivity contribution in [3.63, 3.8) is 0 Å². The number of carboxylic acids is 1. The zero-order valence-electron chi connectivity index (χ0n) is 10.8. The molecule has 98 valence electrons. The van der Waals surface area contributed by atoms with Crippen molar-refractivity contribution in [3.8, 4) is 0 Å². The summed E-state index contributed by atoms with van der Waals surface area (Å²) >= 11 is 0. The van der Waals surface area contributed by atoms with E-state index in [1.807, 2.05) is 0 Å². The Morgan fingerprint density at radius 1 is 1.41 bits per heavy atom. The van der Waals surface area contributed by atoms with Gasteiger partial charge in [-0.2, -0.15) is 0 Å². The van der Waals surface area contributed by atoms with Crippen molar-refractivity contribution in [1.82, 2.24) is 10.2 Å². The predicted molar refractivity (Wildman–Crippen MR) is 64.6 cm³/mol. The lowest BCUT2D eigenvalue weighted by Gasteiger charge is -2.38. The van der Waals surface area contributed by atoms with Crippen molar-refractivity contribution in [1.29, 1.82) is 0 Å². The van der Waals surface area contributed by atoms with Crippen LogP contribution in [-0.2, 0) is 9.59 Å². The Labute approximate surface area is 102 Å². The Morgan fingerprint density at radius 2 is 1.94 bits per heavy atom. The molecule has 1 fully saturated rings. The normalized spacial score (nSPS) is 21.8. The zero-order valence-corrected chi connectivity index (χ0v) is 10.8. The van der Waals surface area contributed by atoms with Crippen LogP contribution in [-0.4, -0.2) is 48.6 Å². The Hall–Kier alpha value is -1.10. The Kier molecular flexibility index (Phi) is 4.51. The topological polar surface area (TPSA) is 69.6 Å². The van der Waals surface area contributed by atoms with Gasteiger partial charge >= 0.3 is 5.97 Å².